The summed E-state index contributed by atoms with van der Waals surface area (Å²) in [4.78, 5) is 23.8. The molecular weight excluding hydrogens is 270 g/mol. The fourth-order valence-corrected chi connectivity index (χ4v) is 2.27. The van der Waals surface area contributed by atoms with Crippen molar-refractivity contribution in [1.29, 1.82) is 0 Å². The minimum absolute atomic E-state index is 0.0184. The SMILES string of the molecule is CCCCCCCC(=O)c1c(C(N)=O)ccc(O)c1OC. The van der Waals surface area contributed by atoms with E-state index in [0.29, 0.717) is 6.42 Å². The van der Waals surface area contributed by atoms with Gasteiger partial charge in [0.05, 0.1) is 18.2 Å². The van der Waals surface area contributed by atoms with Crippen LogP contribution in [-0.2, 0) is 0 Å². The van der Waals surface area contributed by atoms with Gasteiger partial charge < -0.3 is 15.6 Å². The number of unbranched alkanes of at least 4 members (excludes halogenated alkanes) is 4. The minimum Gasteiger partial charge on any atom is -0.504 e. The van der Waals surface area contributed by atoms with Crippen LogP contribution < -0.4 is 10.5 Å². The van der Waals surface area contributed by atoms with E-state index in [2.05, 4.69) is 6.92 Å². The summed E-state index contributed by atoms with van der Waals surface area (Å²) in [5, 5.41) is 9.76. The van der Waals surface area contributed by atoms with Crippen molar-refractivity contribution in [2.24, 2.45) is 5.73 Å². The van der Waals surface area contributed by atoms with Crippen LogP contribution in [0.15, 0.2) is 12.1 Å². The molecule has 0 unspecified atom stereocenters. The molecule has 0 aliphatic heterocycles. The minimum atomic E-state index is -0.706. The van der Waals surface area contributed by atoms with Crippen LogP contribution >= 0.6 is 0 Å². The Morgan fingerprint density at radius 1 is 1.19 bits per heavy atom. The number of methoxy groups -OCH3 is 1. The molecule has 0 aliphatic carbocycles. The zero-order valence-corrected chi connectivity index (χ0v) is 12.6. The van der Waals surface area contributed by atoms with Gasteiger partial charge in [-0.25, -0.2) is 0 Å². The van der Waals surface area contributed by atoms with Gasteiger partial charge in [0.1, 0.15) is 0 Å². The summed E-state index contributed by atoms with van der Waals surface area (Å²) < 4.78 is 5.05. The monoisotopic (exact) mass is 293 g/mol. The molecule has 0 heterocycles. The van der Waals surface area contributed by atoms with E-state index in [9.17, 15) is 14.7 Å². The first-order chi connectivity index (χ1) is 10.0. The summed E-state index contributed by atoms with van der Waals surface area (Å²) in [6.07, 6.45) is 5.40. The number of Topliss-reactive ketones (excluding diaryl/α,β-unsaturated/α-hetero) is 1. The van der Waals surface area contributed by atoms with E-state index in [1.54, 1.807) is 0 Å². The van der Waals surface area contributed by atoms with Gasteiger partial charge in [-0.1, -0.05) is 32.6 Å². The number of hydrogen-bond acceptors (Lipinski definition) is 4. The van der Waals surface area contributed by atoms with Gasteiger partial charge in [-0.15, -0.1) is 0 Å². The van der Waals surface area contributed by atoms with Crippen molar-refractivity contribution < 1.29 is 19.4 Å². The van der Waals surface area contributed by atoms with E-state index in [4.69, 9.17) is 10.5 Å². The molecule has 0 saturated carbocycles. The normalized spacial score (nSPS) is 10.4. The van der Waals surface area contributed by atoms with Gasteiger partial charge in [0.15, 0.2) is 17.3 Å². The van der Waals surface area contributed by atoms with Gasteiger partial charge in [-0.3, -0.25) is 9.59 Å². The number of amides is 1. The maximum absolute atomic E-state index is 12.3. The Bertz CT molecular complexity index is 511. The van der Waals surface area contributed by atoms with Crippen molar-refractivity contribution in [3.8, 4) is 11.5 Å². The Morgan fingerprint density at radius 2 is 1.86 bits per heavy atom. The topological polar surface area (TPSA) is 89.6 Å². The molecule has 0 saturated heterocycles. The molecule has 0 aromatic heterocycles. The molecule has 0 fully saturated rings. The van der Waals surface area contributed by atoms with Crippen LogP contribution in [0, 0.1) is 0 Å². The van der Waals surface area contributed by atoms with Crippen molar-refractivity contribution in [3.05, 3.63) is 23.3 Å². The van der Waals surface area contributed by atoms with Crippen LogP contribution in [0.3, 0.4) is 0 Å². The summed E-state index contributed by atoms with van der Waals surface area (Å²) >= 11 is 0. The van der Waals surface area contributed by atoms with E-state index < -0.39 is 5.91 Å². The van der Waals surface area contributed by atoms with Gasteiger partial charge in [-0.05, 0) is 18.6 Å². The van der Waals surface area contributed by atoms with E-state index in [0.717, 1.165) is 32.1 Å². The van der Waals surface area contributed by atoms with Crippen LogP contribution in [0.2, 0.25) is 0 Å². The largest absolute Gasteiger partial charge is 0.504 e. The average Bonchev–Trinajstić information content (AvgIpc) is 2.46. The Hall–Kier alpha value is -2.04. The molecule has 5 heteroatoms. The Labute approximate surface area is 125 Å². The molecule has 0 aliphatic rings. The lowest BCUT2D eigenvalue weighted by Crippen LogP contribution is -2.17. The van der Waals surface area contributed by atoms with Gasteiger partial charge in [-0.2, -0.15) is 0 Å². The highest BCUT2D eigenvalue weighted by Crippen LogP contribution is 2.33. The standard InChI is InChI=1S/C16H23NO4/c1-3-4-5-6-7-8-12(18)14-11(16(17)20)9-10-13(19)15(14)21-2/h9-10,19H,3-8H2,1-2H3,(H2,17,20). The number of hydrogen-bond donors (Lipinski definition) is 2. The summed E-state index contributed by atoms with van der Waals surface area (Å²) in [6, 6.07) is 2.65. The highest BCUT2D eigenvalue weighted by Gasteiger charge is 2.22. The number of rotatable bonds is 9. The molecule has 21 heavy (non-hydrogen) atoms. The molecule has 0 spiro atoms. The highest BCUT2D eigenvalue weighted by molar-refractivity contribution is 6.10. The van der Waals surface area contributed by atoms with Crippen LogP contribution in [0.4, 0.5) is 0 Å². The first-order valence-corrected chi connectivity index (χ1v) is 7.25. The third kappa shape index (κ3) is 4.48. The third-order valence-electron chi connectivity index (χ3n) is 3.39. The zero-order chi connectivity index (χ0) is 15.8. The molecule has 0 radical (unpaired) electrons. The van der Waals surface area contributed by atoms with Crippen LogP contribution in [-0.4, -0.2) is 23.9 Å². The quantitative estimate of drug-likeness (QED) is 0.541. The zero-order valence-electron chi connectivity index (χ0n) is 12.6. The van der Waals surface area contributed by atoms with E-state index in [1.807, 2.05) is 0 Å². The second-order valence-corrected chi connectivity index (χ2v) is 4.99. The fourth-order valence-electron chi connectivity index (χ4n) is 2.27. The van der Waals surface area contributed by atoms with Crippen LogP contribution in [0.25, 0.3) is 0 Å². The van der Waals surface area contributed by atoms with Crippen LogP contribution in [0.5, 0.6) is 11.5 Å². The second kappa shape index (κ2) is 8.29. The molecule has 1 aromatic carbocycles. The third-order valence-corrected chi connectivity index (χ3v) is 3.39. The summed E-state index contributed by atoms with van der Waals surface area (Å²) in [7, 11) is 1.35. The highest BCUT2D eigenvalue weighted by atomic mass is 16.5. The van der Waals surface area contributed by atoms with Crippen molar-refractivity contribution >= 4 is 11.7 Å². The molecule has 3 N–H and O–H groups in total. The first-order valence-electron chi connectivity index (χ1n) is 7.25. The lowest BCUT2D eigenvalue weighted by molar-refractivity contribution is 0.0951. The van der Waals surface area contributed by atoms with Crippen molar-refractivity contribution in [3.63, 3.8) is 0 Å². The molecule has 0 bridgehead atoms. The number of carbonyl (C=O) groups excluding carboxylic acids is 2. The predicted octanol–water partition coefficient (Wildman–Crippen LogP) is 3.04. The lowest BCUT2D eigenvalue weighted by atomic mass is 9.97. The summed E-state index contributed by atoms with van der Waals surface area (Å²) in [5.41, 5.74) is 5.46. The number of nitrogens with two attached hydrogens (primary N) is 1. The van der Waals surface area contributed by atoms with Gasteiger partial charge in [0.25, 0.3) is 0 Å². The smallest absolute Gasteiger partial charge is 0.249 e. The van der Waals surface area contributed by atoms with Crippen molar-refractivity contribution in [2.45, 2.75) is 45.4 Å². The van der Waals surface area contributed by atoms with Gasteiger partial charge in [0, 0.05) is 6.42 Å². The predicted molar refractivity (Wildman–Crippen MR) is 80.9 cm³/mol. The summed E-state index contributed by atoms with van der Waals surface area (Å²) in [6.45, 7) is 2.13. The Morgan fingerprint density at radius 3 is 2.43 bits per heavy atom. The number of carbonyl (C=O) groups is 2. The maximum Gasteiger partial charge on any atom is 0.249 e. The van der Waals surface area contributed by atoms with Crippen molar-refractivity contribution in [2.75, 3.05) is 7.11 Å². The Kier molecular flexibility index (Phi) is 6.72. The van der Waals surface area contributed by atoms with E-state index in [-0.39, 0.29) is 28.4 Å². The first kappa shape index (κ1) is 17.0. The van der Waals surface area contributed by atoms with Crippen LogP contribution in [0.1, 0.15) is 66.2 Å². The Balaban J connectivity index is 2.91. The molecule has 1 rings (SSSR count). The van der Waals surface area contributed by atoms with Gasteiger partial charge >= 0.3 is 0 Å². The van der Waals surface area contributed by atoms with E-state index in [1.165, 1.54) is 19.2 Å². The van der Waals surface area contributed by atoms with E-state index >= 15 is 0 Å². The number of ether oxygens (including phenoxy) is 1. The molecule has 0 atom stereocenters. The van der Waals surface area contributed by atoms with Crippen molar-refractivity contribution in [1.82, 2.24) is 0 Å². The molecule has 1 aromatic rings. The molecule has 5 nitrogen and oxygen atoms in total. The number of primary amides is 1. The number of phenolic OH excluding ortho intramolecular Hbond substituents is 1. The summed E-state index contributed by atoms with van der Waals surface area (Å²) in [5.74, 6) is -1.09. The van der Waals surface area contributed by atoms with Gasteiger partial charge in [0.2, 0.25) is 5.91 Å². The maximum atomic E-state index is 12.3. The second-order valence-electron chi connectivity index (χ2n) is 4.99. The lowest BCUT2D eigenvalue weighted by Gasteiger charge is -2.12. The molecule has 116 valence electrons. The molecule has 1 amide bonds. The number of ketones is 1. The number of aromatic hydroxyl groups is 1. The number of phenols is 1. The number of benzene rings is 1. The molecular formula is C16H23NO4. The average molecular weight is 293 g/mol. The fraction of sp³-hybridized carbons (Fsp3) is 0.500.